The standard InChI is InChI=1S/C20H29N7O/c1-2-21-20(22-15-19-24-23-18-9-5-6-10-27(18)19)26-13-11-25(12-14-26)16-7-3-4-8-17(16)28/h3-4,7-8,28H,2,5-6,9-15H2,1H3,(H,21,22). The van der Waals surface area contributed by atoms with Crippen molar-refractivity contribution in [3.05, 3.63) is 35.9 Å². The minimum absolute atomic E-state index is 0.341. The lowest BCUT2D eigenvalue weighted by Crippen LogP contribution is -2.52. The maximum absolute atomic E-state index is 10.1. The maximum Gasteiger partial charge on any atom is 0.194 e. The van der Waals surface area contributed by atoms with E-state index in [1.807, 2.05) is 18.2 Å². The number of rotatable bonds is 4. The van der Waals surface area contributed by atoms with Crippen LogP contribution in [-0.4, -0.2) is 63.5 Å². The van der Waals surface area contributed by atoms with Gasteiger partial charge in [0.05, 0.1) is 5.69 Å². The summed E-state index contributed by atoms with van der Waals surface area (Å²) >= 11 is 0. The molecule has 0 unspecified atom stereocenters. The number of nitrogens with one attached hydrogen (secondary N) is 1. The van der Waals surface area contributed by atoms with E-state index in [1.165, 1.54) is 12.8 Å². The zero-order valence-corrected chi connectivity index (χ0v) is 16.5. The van der Waals surface area contributed by atoms with Crippen molar-refractivity contribution in [1.82, 2.24) is 25.0 Å². The molecule has 0 spiro atoms. The number of phenols is 1. The van der Waals surface area contributed by atoms with E-state index in [9.17, 15) is 5.11 Å². The molecule has 1 fully saturated rings. The number of aromatic nitrogens is 3. The predicted molar refractivity (Wildman–Crippen MR) is 110 cm³/mol. The molecule has 1 saturated heterocycles. The van der Waals surface area contributed by atoms with Crippen molar-refractivity contribution >= 4 is 11.6 Å². The van der Waals surface area contributed by atoms with Crippen molar-refractivity contribution in [1.29, 1.82) is 0 Å². The monoisotopic (exact) mass is 383 g/mol. The van der Waals surface area contributed by atoms with Crippen molar-refractivity contribution in [2.45, 2.75) is 39.3 Å². The van der Waals surface area contributed by atoms with E-state index in [-0.39, 0.29) is 0 Å². The fourth-order valence-corrected chi connectivity index (χ4v) is 3.95. The summed E-state index contributed by atoms with van der Waals surface area (Å²) in [6.45, 7) is 7.89. The molecule has 150 valence electrons. The molecule has 0 amide bonds. The van der Waals surface area contributed by atoms with E-state index in [1.54, 1.807) is 6.07 Å². The van der Waals surface area contributed by atoms with Crippen LogP contribution in [0.4, 0.5) is 5.69 Å². The quantitative estimate of drug-likeness (QED) is 0.617. The van der Waals surface area contributed by atoms with Gasteiger partial charge in [0.15, 0.2) is 11.8 Å². The molecule has 0 atom stereocenters. The number of phenolic OH excluding ortho intramolecular Hbond substituents is 1. The van der Waals surface area contributed by atoms with Crippen molar-refractivity contribution in [2.24, 2.45) is 4.99 Å². The molecule has 2 aromatic rings. The smallest absolute Gasteiger partial charge is 0.194 e. The number of aryl methyl sites for hydroxylation is 1. The first-order chi connectivity index (χ1) is 13.8. The van der Waals surface area contributed by atoms with E-state index in [4.69, 9.17) is 4.99 Å². The Hall–Kier alpha value is -2.77. The van der Waals surface area contributed by atoms with Crippen molar-refractivity contribution in [3.63, 3.8) is 0 Å². The molecule has 2 aliphatic heterocycles. The number of benzene rings is 1. The van der Waals surface area contributed by atoms with Gasteiger partial charge in [0.1, 0.15) is 18.1 Å². The molecule has 0 bridgehead atoms. The molecular formula is C20H29N7O. The molecule has 8 heteroatoms. The second kappa shape index (κ2) is 8.50. The zero-order valence-electron chi connectivity index (χ0n) is 16.5. The summed E-state index contributed by atoms with van der Waals surface area (Å²) in [7, 11) is 0. The van der Waals surface area contributed by atoms with E-state index in [0.29, 0.717) is 12.3 Å². The number of piperazine rings is 1. The highest BCUT2D eigenvalue weighted by Crippen LogP contribution is 2.27. The van der Waals surface area contributed by atoms with Gasteiger partial charge in [-0.25, -0.2) is 4.99 Å². The average molecular weight is 384 g/mol. The van der Waals surface area contributed by atoms with Gasteiger partial charge in [-0.3, -0.25) is 0 Å². The Kier molecular flexibility index (Phi) is 5.64. The highest BCUT2D eigenvalue weighted by Gasteiger charge is 2.22. The van der Waals surface area contributed by atoms with Crippen molar-refractivity contribution < 1.29 is 5.11 Å². The first-order valence-corrected chi connectivity index (χ1v) is 10.2. The number of aliphatic imine (C=N–C) groups is 1. The molecule has 4 rings (SSSR count). The maximum atomic E-state index is 10.1. The lowest BCUT2D eigenvalue weighted by atomic mass is 10.2. The number of para-hydroxylation sites is 2. The minimum Gasteiger partial charge on any atom is -0.506 e. The molecule has 2 N–H and O–H groups in total. The average Bonchev–Trinajstić information content (AvgIpc) is 3.15. The zero-order chi connectivity index (χ0) is 19.3. The number of fused-ring (bicyclic) bond motifs is 1. The number of hydrogen-bond acceptors (Lipinski definition) is 5. The molecule has 8 nitrogen and oxygen atoms in total. The van der Waals surface area contributed by atoms with Crippen LogP contribution >= 0.6 is 0 Å². The summed E-state index contributed by atoms with van der Waals surface area (Å²) in [4.78, 5) is 9.35. The van der Waals surface area contributed by atoms with Gasteiger partial charge in [-0.15, -0.1) is 10.2 Å². The Morgan fingerprint density at radius 1 is 1.11 bits per heavy atom. The minimum atomic E-state index is 0.341. The van der Waals surface area contributed by atoms with Gasteiger partial charge in [0.2, 0.25) is 0 Å². The van der Waals surface area contributed by atoms with E-state index < -0.39 is 0 Å². The van der Waals surface area contributed by atoms with Gasteiger partial charge in [0, 0.05) is 45.7 Å². The fourth-order valence-electron chi connectivity index (χ4n) is 3.95. The fraction of sp³-hybridized carbons (Fsp3) is 0.550. The first kappa shape index (κ1) is 18.6. The second-order valence-corrected chi connectivity index (χ2v) is 7.27. The molecular weight excluding hydrogens is 354 g/mol. The molecule has 28 heavy (non-hydrogen) atoms. The predicted octanol–water partition coefficient (Wildman–Crippen LogP) is 1.61. The summed E-state index contributed by atoms with van der Waals surface area (Å²) in [6, 6.07) is 7.53. The Morgan fingerprint density at radius 2 is 1.93 bits per heavy atom. The molecule has 1 aromatic carbocycles. The van der Waals surface area contributed by atoms with Gasteiger partial charge in [-0.05, 0) is 31.9 Å². The molecule has 1 aromatic heterocycles. The van der Waals surface area contributed by atoms with E-state index in [0.717, 1.165) is 69.0 Å². The van der Waals surface area contributed by atoms with Gasteiger partial charge in [-0.1, -0.05) is 12.1 Å². The van der Waals surface area contributed by atoms with Crippen LogP contribution in [0.5, 0.6) is 5.75 Å². The van der Waals surface area contributed by atoms with Gasteiger partial charge >= 0.3 is 0 Å². The van der Waals surface area contributed by atoms with Crippen LogP contribution in [0.15, 0.2) is 29.3 Å². The normalized spacial score (nSPS) is 17.5. The highest BCUT2D eigenvalue weighted by molar-refractivity contribution is 5.80. The second-order valence-electron chi connectivity index (χ2n) is 7.27. The number of anilines is 1. The highest BCUT2D eigenvalue weighted by atomic mass is 16.3. The van der Waals surface area contributed by atoms with E-state index >= 15 is 0 Å². The van der Waals surface area contributed by atoms with Crippen LogP contribution in [0, 0.1) is 0 Å². The summed E-state index contributed by atoms with van der Waals surface area (Å²) in [6.07, 6.45) is 3.41. The van der Waals surface area contributed by atoms with Crippen LogP contribution in [0.3, 0.4) is 0 Å². The van der Waals surface area contributed by atoms with Crippen LogP contribution in [-0.2, 0) is 19.5 Å². The Balaban J connectivity index is 1.42. The molecule has 3 heterocycles. The van der Waals surface area contributed by atoms with Crippen LogP contribution in [0.2, 0.25) is 0 Å². The molecule has 0 aliphatic carbocycles. The Morgan fingerprint density at radius 3 is 2.71 bits per heavy atom. The molecule has 2 aliphatic rings. The summed E-state index contributed by atoms with van der Waals surface area (Å²) in [5.74, 6) is 3.32. The largest absolute Gasteiger partial charge is 0.506 e. The van der Waals surface area contributed by atoms with Crippen LogP contribution in [0.1, 0.15) is 31.4 Å². The molecule has 0 saturated carbocycles. The number of aromatic hydroxyl groups is 1. The number of nitrogens with zero attached hydrogens (tertiary/aromatic N) is 6. The third-order valence-corrected chi connectivity index (χ3v) is 5.44. The summed E-state index contributed by atoms with van der Waals surface area (Å²) < 4.78 is 2.23. The van der Waals surface area contributed by atoms with Crippen LogP contribution in [0.25, 0.3) is 0 Å². The number of guanidine groups is 1. The van der Waals surface area contributed by atoms with Gasteiger partial charge < -0.3 is 24.8 Å². The lowest BCUT2D eigenvalue weighted by Gasteiger charge is -2.37. The van der Waals surface area contributed by atoms with Crippen LogP contribution < -0.4 is 10.2 Å². The third kappa shape index (κ3) is 3.90. The lowest BCUT2D eigenvalue weighted by molar-refractivity contribution is 0.369. The van der Waals surface area contributed by atoms with Crippen molar-refractivity contribution in [3.8, 4) is 5.75 Å². The Bertz CT molecular complexity index is 824. The Labute approximate surface area is 165 Å². The summed E-state index contributed by atoms with van der Waals surface area (Å²) in [5.41, 5.74) is 0.902. The SMILES string of the molecule is CCNC(=NCc1nnc2n1CCCC2)N1CCN(c2ccccc2O)CC1. The van der Waals surface area contributed by atoms with Crippen molar-refractivity contribution in [2.75, 3.05) is 37.6 Å². The van der Waals surface area contributed by atoms with E-state index in [2.05, 4.69) is 36.8 Å². The van der Waals surface area contributed by atoms with Gasteiger partial charge in [0.25, 0.3) is 0 Å². The molecule has 0 radical (unpaired) electrons. The third-order valence-electron chi connectivity index (χ3n) is 5.44. The van der Waals surface area contributed by atoms with Gasteiger partial charge in [-0.2, -0.15) is 0 Å². The topological polar surface area (TPSA) is 81.8 Å². The summed E-state index contributed by atoms with van der Waals surface area (Å²) in [5, 5.41) is 22.2. The first-order valence-electron chi connectivity index (χ1n) is 10.2. The number of hydrogen-bond donors (Lipinski definition) is 2.